The molecule has 0 bridgehead atoms. The molecule has 1 aliphatic heterocycles. The van der Waals surface area contributed by atoms with Gasteiger partial charge >= 0.3 is 0 Å². The molecule has 0 aromatic heterocycles. The lowest BCUT2D eigenvalue weighted by Gasteiger charge is -2.34. The minimum absolute atomic E-state index is 0.0156. The third-order valence-corrected chi connectivity index (χ3v) is 3.41. The lowest BCUT2D eigenvalue weighted by atomic mass is 10.1. The van der Waals surface area contributed by atoms with Crippen molar-refractivity contribution in [3.8, 4) is 5.75 Å². The number of phenolic OH excluding ortho intramolecular Hbond substituents is 1. The van der Waals surface area contributed by atoms with Crippen molar-refractivity contribution in [2.45, 2.75) is 6.42 Å². The fraction of sp³-hybridized carbons (Fsp3) is 0.500. The number of amides is 1. The number of carbonyl (C=O) groups excluding carboxylic acids is 1. The number of aliphatic hydroxyl groups is 1. The van der Waals surface area contributed by atoms with Crippen LogP contribution in [0, 0.1) is 0 Å². The molecule has 1 aliphatic rings. The lowest BCUT2D eigenvalue weighted by molar-refractivity contribution is 0.0629. The summed E-state index contributed by atoms with van der Waals surface area (Å²) in [6.45, 7) is 4.23. The number of hydrogen-bond acceptors (Lipinski definition) is 4. The Kier molecular flexibility index (Phi) is 4.76. The number of hydrogen-bond donors (Lipinski definition) is 2. The van der Waals surface area contributed by atoms with Crippen LogP contribution in [0.3, 0.4) is 0 Å². The quantitative estimate of drug-likeness (QED) is 0.833. The third kappa shape index (κ3) is 3.68. The van der Waals surface area contributed by atoms with Gasteiger partial charge < -0.3 is 15.1 Å². The molecule has 0 radical (unpaired) electrons. The molecule has 0 atom stereocenters. The van der Waals surface area contributed by atoms with E-state index in [0.29, 0.717) is 18.7 Å². The van der Waals surface area contributed by atoms with E-state index in [1.165, 1.54) is 12.1 Å². The van der Waals surface area contributed by atoms with E-state index < -0.39 is 0 Å². The Morgan fingerprint density at radius 1 is 1.11 bits per heavy atom. The van der Waals surface area contributed by atoms with Gasteiger partial charge in [-0.1, -0.05) is 0 Å². The molecule has 1 aromatic carbocycles. The highest BCUT2D eigenvalue weighted by Gasteiger charge is 2.21. The second-order valence-electron chi connectivity index (χ2n) is 4.76. The molecule has 2 N–H and O–H groups in total. The molecule has 1 heterocycles. The Balaban J connectivity index is 1.87. The average molecular weight is 264 g/mol. The number of benzene rings is 1. The van der Waals surface area contributed by atoms with Gasteiger partial charge in [0.15, 0.2) is 0 Å². The first-order valence-electron chi connectivity index (χ1n) is 6.62. The van der Waals surface area contributed by atoms with Crippen LogP contribution >= 0.6 is 0 Å². The van der Waals surface area contributed by atoms with Crippen LogP contribution in [0.5, 0.6) is 5.75 Å². The fourth-order valence-corrected chi connectivity index (χ4v) is 2.26. The largest absolute Gasteiger partial charge is 0.508 e. The molecule has 0 saturated carbocycles. The molecule has 0 aliphatic carbocycles. The van der Waals surface area contributed by atoms with E-state index in [-0.39, 0.29) is 18.3 Å². The maximum atomic E-state index is 12.2. The number of nitrogens with zero attached hydrogens (tertiary/aromatic N) is 2. The molecule has 0 spiro atoms. The van der Waals surface area contributed by atoms with Gasteiger partial charge in [-0.3, -0.25) is 9.69 Å². The monoisotopic (exact) mass is 264 g/mol. The van der Waals surface area contributed by atoms with Gasteiger partial charge in [-0.25, -0.2) is 0 Å². The van der Waals surface area contributed by atoms with Crippen LogP contribution < -0.4 is 0 Å². The van der Waals surface area contributed by atoms with Crippen LogP contribution in [0.2, 0.25) is 0 Å². The highest BCUT2D eigenvalue weighted by molar-refractivity contribution is 5.94. The summed E-state index contributed by atoms with van der Waals surface area (Å²) in [6, 6.07) is 6.36. The summed E-state index contributed by atoms with van der Waals surface area (Å²) in [4.78, 5) is 16.3. The minimum atomic E-state index is 0.0156. The Morgan fingerprint density at radius 2 is 1.74 bits per heavy atom. The first-order valence-corrected chi connectivity index (χ1v) is 6.62. The Labute approximate surface area is 113 Å². The molecule has 1 amide bonds. The fourth-order valence-electron chi connectivity index (χ4n) is 2.26. The average Bonchev–Trinajstić information content (AvgIpc) is 2.46. The standard InChI is InChI=1S/C14H20N2O3/c17-11-1-6-15-7-9-16(10-8-15)14(19)12-2-4-13(18)5-3-12/h2-5,17-18H,1,6-11H2. The first kappa shape index (κ1) is 13.8. The summed E-state index contributed by atoms with van der Waals surface area (Å²) >= 11 is 0. The predicted octanol–water partition coefficient (Wildman–Crippen LogP) is 0.532. The van der Waals surface area contributed by atoms with E-state index in [2.05, 4.69) is 4.90 Å². The zero-order chi connectivity index (χ0) is 13.7. The molecule has 1 saturated heterocycles. The van der Waals surface area contributed by atoms with Crippen molar-refractivity contribution in [1.29, 1.82) is 0 Å². The van der Waals surface area contributed by atoms with E-state index in [1.807, 2.05) is 4.90 Å². The van der Waals surface area contributed by atoms with Gasteiger partial charge in [0.05, 0.1) is 0 Å². The summed E-state index contributed by atoms with van der Waals surface area (Å²) in [5.41, 5.74) is 0.613. The van der Waals surface area contributed by atoms with Gasteiger partial charge in [0.2, 0.25) is 0 Å². The molecule has 1 fully saturated rings. The van der Waals surface area contributed by atoms with E-state index in [1.54, 1.807) is 12.1 Å². The Bertz CT molecular complexity index is 411. The molecular formula is C14H20N2O3. The molecule has 2 rings (SSSR count). The summed E-state index contributed by atoms with van der Waals surface area (Å²) < 4.78 is 0. The van der Waals surface area contributed by atoms with Gasteiger partial charge in [-0.15, -0.1) is 0 Å². The number of rotatable bonds is 4. The van der Waals surface area contributed by atoms with Crippen molar-refractivity contribution in [2.24, 2.45) is 0 Å². The summed E-state index contributed by atoms with van der Waals surface area (Å²) in [5, 5.41) is 18.0. The van der Waals surface area contributed by atoms with Crippen molar-refractivity contribution in [1.82, 2.24) is 9.80 Å². The van der Waals surface area contributed by atoms with Gasteiger partial charge in [0, 0.05) is 44.9 Å². The van der Waals surface area contributed by atoms with Crippen LogP contribution in [-0.4, -0.2) is 65.3 Å². The molecule has 104 valence electrons. The second-order valence-corrected chi connectivity index (χ2v) is 4.76. The maximum absolute atomic E-state index is 12.2. The van der Waals surface area contributed by atoms with Crippen LogP contribution in [0.15, 0.2) is 24.3 Å². The SMILES string of the molecule is O=C(c1ccc(O)cc1)N1CCN(CCCO)CC1. The topological polar surface area (TPSA) is 64.0 Å². The third-order valence-electron chi connectivity index (χ3n) is 3.41. The smallest absolute Gasteiger partial charge is 0.253 e. The Hall–Kier alpha value is -1.59. The van der Waals surface area contributed by atoms with E-state index in [4.69, 9.17) is 5.11 Å². The highest BCUT2D eigenvalue weighted by atomic mass is 16.3. The summed E-state index contributed by atoms with van der Waals surface area (Å²) in [7, 11) is 0. The Morgan fingerprint density at radius 3 is 2.32 bits per heavy atom. The van der Waals surface area contributed by atoms with Crippen molar-refractivity contribution < 1.29 is 15.0 Å². The predicted molar refractivity (Wildman–Crippen MR) is 72.2 cm³/mol. The van der Waals surface area contributed by atoms with Crippen molar-refractivity contribution in [3.63, 3.8) is 0 Å². The van der Waals surface area contributed by atoms with Crippen LogP contribution in [-0.2, 0) is 0 Å². The zero-order valence-corrected chi connectivity index (χ0v) is 11.0. The van der Waals surface area contributed by atoms with Gasteiger partial charge in [-0.05, 0) is 30.7 Å². The lowest BCUT2D eigenvalue weighted by Crippen LogP contribution is -2.48. The van der Waals surface area contributed by atoms with Crippen LogP contribution in [0.25, 0.3) is 0 Å². The number of carbonyl (C=O) groups is 1. The van der Waals surface area contributed by atoms with Crippen molar-refractivity contribution >= 4 is 5.91 Å². The molecule has 1 aromatic rings. The molecule has 5 heteroatoms. The highest BCUT2D eigenvalue weighted by Crippen LogP contribution is 2.13. The number of aromatic hydroxyl groups is 1. The maximum Gasteiger partial charge on any atom is 0.253 e. The van der Waals surface area contributed by atoms with Crippen LogP contribution in [0.1, 0.15) is 16.8 Å². The zero-order valence-electron chi connectivity index (χ0n) is 11.0. The van der Waals surface area contributed by atoms with Gasteiger partial charge in [-0.2, -0.15) is 0 Å². The van der Waals surface area contributed by atoms with Crippen molar-refractivity contribution in [2.75, 3.05) is 39.3 Å². The van der Waals surface area contributed by atoms with E-state index in [0.717, 1.165) is 26.1 Å². The number of aliphatic hydroxyl groups excluding tert-OH is 1. The summed E-state index contributed by atoms with van der Waals surface area (Å²) in [5.74, 6) is 0.187. The molecular weight excluding hydrogens is 244 g/mol. The molecule has 0 unspecified atom stereocenters. The molecule has 19 heavy (non-hydrogen) atoms. The van der Waals surface area contributed by atoms with E-state index >= 15 is 0 Å². The summed E-state index contributed by atoms with van der Waals surface area (Å²) in [6.07, 6.45) is 0.784. The van der Waals surface area contributed by atoms with Crippen LogP contribution in [0.4, 0.5) is 0 Å². The number of piperazine rings is 1. The second kappa shape index (κ2) is 6.54. The normalized spacial score (nSPS) is 16.6. The molecule has 5 nitrogen and oxygen atoms in total. The number of phenols is 1. The van der Waals surface area contributed by atoms with Gasteiger partial charge in [0.1, 0.15) is 5.75 Å². The van der Waals surface area contributed by atoms with Crippen molar-refractivity contribution in [3.05, 3.63) is 29.8 Å². The minimum Gasteiger partial charge on any atom is -0.508 e. The first-order chi connectivity index (χ1) is 9.20. The van der Waals surface area contributed by atoms with E-state index in [9.17, 15) is 9.90 Å². The van der Waals surface area contributed by atoms with Gasteiger partial charge in [0.25, 0.3) is 5.91 Å².